The molecule has 2 atom stereocenters. The first kappa shape index (κ1) is 18.5. The van der Waals surface area contributed by atoms with Crippen LogP contribution in [-0.4, -0.2) is 27.7 Å². The standard InChI is InChI=1S/C21H25N3OS/c1-15(12-13-17-8-4-3-5-9-17)22-20(25)14-26-16(2)21-23-18-10-6-7-11-19(18)24-21/h3-11,15-16H,12-14H2,1-2H3,(H,22,25)(H,23,24)/t15-,16-/m0/s1. The third-order valence-electron chi connectivity index (χ3n) is 4.37. The SMILES string of the molecule is C[C@H](SCC(=O)N[C@@H](C)CCc1ccccc1)c1nc2ccccc2[nH]1. The molecule has 3 aromatic rings. The minimum absolute atomic E-state index is 0.0820. The lowest BCUT2D eigenvalue weighted by Gasteiger charge is -2.15. The molecule has 0 radical (unpaired) electrons. The average Bonchev–Trinajstić information content (AvgIpc) is 3.09. The highest BCUT2D eigenvalue weighted by atomic mass is 32.2. The zero-order valence-electron chi connectivity index (χ0n) is 15.2. The van der Waals surface area contributed by atoms with Crippen LogP contribution in [0, 0.1) is 0 Å². The fraction of sp³-hybridized carbons (Fsp3) is 0.333. The molecule has 0 saturated carbocycles. The monoisotopic (exact) mass is 367 g/mol. The number of aryl methyl sites for hydroxylation is 1. The predicted octanol–water partition coefficient (Wildman–Crippen LogP) is 4.49. The Hall–Kier alpha value is -2.27. The second-order valence-electron chi connectivity index (χ2n) is 6.59. The Morgan fingerprint density at radius 3 is 2.62 bits per heavy atom. The number of imidazole rings is 1. The van der Waals surface area contributed by atoms with E-state index < -0.39 is 0 Å². The number of benzene rings is 2. The summed E-state index contributed by atoms with van der Waals surface area (Å²) in [6, 6.07) is 18.5. The Labute approximate surface area is 158 Å². The first-order valence-corrected chi connectivity index (χ1v) is 10.1. The molecule has 0 unspecified atom stereocenters. The normalized spacial score (nSPS) is 13.5. The Bertz CT molecular complexity index is 814. The number of carbonyl (C=O) groups excluding carboxylic acids is 1. The molecule has 2 aromatic carbocycles. The van der Waals surface area contributed by atoms with Gasteiger partial charge in [-0.15, -0.1) is 11.8 Å². The number of nitrogens with zero attached hydrogens (tertiary/aromatic N) is 1. The van der Waals surface area contributed by atoms with Crippen LogP contribution in [0.25, 0.3) is 11.0 Å². The van der Waals surface area contributed by atoms with Gasteiger partial charge in [0.25, 0.3) is 0 Å². The fourth-order valence-corrected chi connectivity index (χ4v) is 3.62. The largest absolute Gasteiger partial charge is 0.353 e. The molecule has 5 heteroatoms. The first-order valence-electron chi connectivity index (χ1n) is 9.01. The molecule has 1 heterocycles. The molecular formula is C21H25N3OS. The number of H-pyrrole nitrogens is 1. The van der Waals surface area contributed by atoms with E-state index in [0.29, 0.717) is 5.75 Å². The second-order valence-corrected chi connectivity index (χ2v) is 7.91. The van der Waals surface area contributed by atoms with Crippen LogP contribution in [0.5, 0.6) is 0 Å². The van der Waals surface area contributed by atoms with E-state index in [-0.39, 0.29) is 17.2 Å². The van der Waals surface area contributed by atoms with Crippen molar-refractivity contribution in [2.75, 3.05) is 5.75 Å². The van der Waals surface area contributed by atoms with Crippen LogP contribution >= 0.6 is 11.8 Å². The molecule has 136 valence electrons. The van der Waals surface area contributed by atoms with Gasteiger partial charge in [0.05, 0.1) is 22.0 Å². The van der Waals surface area contributed by atoms with Gasteiger partial charge < -0.3 is 10.3 Å². The lowest BCUT2D eigenvalue weighted by atomic mass is 10.1. The topological polar surface area (TPSA) is 57.8 Å². The number of aromatic nitrogens is 2. The fourth-order valence-electron chi connectivity index (χ4n) is 2.86. The molecule has 0 bridgehead atoms. The molecule has 1 aromatic heterocycles. The number of hydrogen-bond acceptors (Lipinski definition) is 3. The van der Waals surface area contributed by atoms with Gasteiger partial charge in [-0.25, -0.2) is 4.98 Å². The van der Waals surface area contributed by atoms with Gasteiger partial charge in [-0.2, -0.15) is 0 Å². The van der Waals surface area contributed by atoms with Gasteiger partial charge in [-0.1, -0.05) is 42.5 Å². The van der Waals surface area contributed by atoms with Crippen molar-refractivity contribution in [1.82, 2.24) is 15.3 Å². The van der Waals surface area contributed by atoms with E-state index in [1.165, 1.54) is 5.56 Å². The average molecular weight is 368 g/mol. The van der Waals surface area contributed by atoms with Crippen molar-refractivity contribution in [2.45, 2.75) is 38.0 Å². The summed E-state index contributed by atoms with van der Waals surface area (Å²) in [7, 11) is 0. The highest BCUT2D eigenvalue weighted by Crippen LogP contribution is 2.27. The predicted molar refractivity (Wildman–Crippen MR) is 109 cm³/mol. The summed E-state index contributed by atoms with van der Waals surface area (Å²) >= 11 is 1.60. The van der Waals surface area contributed by atoms with Crippen molar-refractivity contribution in [1.29, 1.82) is 0 Å². The van der Waals surface area contributed by atoms with Crippen LogP contribution in [0.15, 0.2) is 54.6 Å². The van der Waals surface area contributed by atoms with Gasteiger partial charge in [0.1, 0.15) is 5.82 Å². The van der Waals surface area contributed by atoms with Gasteiger partial charge in [0, 0.05) is 6.04 Å². The molecule has 1 amide bonds. The third-order valence-corrected chi connectivity index (χ3v) is 5.53. The third kappa shape index (κ3) is 5.11. The van der Waals surface area contributed by atoms with Gasteiger partial charge >= 0.3 is 0 Å². The van der Waals surface area contributed by atoms with E-state index in [4.69, 9.17) is 0 Å². The number of nitrogens with one attached hydrogen (secondary N) is 2. The van der Waals surface area contributed by atoms with E-state index in [1.807, 2.05) is 30.3 Å². The summed E-state index contributed by atoms with van der Waals surface area (Å²) in [6.07, 6.45) is 1.92. The maximum absolute atomic E-state index is 12.2. The van der Waals surface area contributed by atoms with E-state index in [1.54, 1.807) is 11.8 Å². The summed E-state index contributed by atoms with van der Waals surface area (Å²) in [5.41, 5.74) is 3.31. The number of carbonyl (C=O) groups is 1. The Morgan fingerprint density at radius 1 is 1.12 bits per heavy atom. The maximum atomic E-state index is 12.2. The number of fused-ring (bicyclic) bond motifs is 1. The molecule has 0 spiro atoms. The Morgan fingerprint density at radius 2 is 1.85 bits per heavy atom. The van der Waals surface area contributed by atoms with Crippen LogP contribution in [0.2, 0.25) is 0 Å². The number of aromatic amines is 1. The van der Waals surface area contributed by atoms with Crippen LogP contribution in [-0.2, 0) is 11.2 Å². The van der Waals surface area contributed by atoms with Gasteiger partial charge in [0.2, 0.25) is 5.91 Å². The Balaban J connectivity index is 1.42. The molecule has 26 heavy (non-hydrogen) atoms. The maximum Gasteiger partial charge on any atom is 0.230 e. The molecule has 2 N–H and O–H groups in total. The Kier molecular flexibility index (Phi) is 6.34. The molecule has 4 nitrogen and oxygen atoms in total. The van der Waals surface area contributed by atoms with Crippen molar-refractivity contribution in [3.8, 4) is 0 Å². The minimum Gasteiger partial charge on any atom is -0.353 e. The van der Waals surface area contributed by atoms with Crippen LogP contribution in [0.3, 0.4) is 0 Å². The first-order chi connectivity index (χ1) is 12.6. The van der Waals surface area contributed by atoms with Crippen LogP contribution in [0.1, 0.15) is 36.9 Å². The van der Waals surface area contributed by atoms with E-state index >= 15 is 0 Å². The van der Waals surface area contributed by atoms with E-state index in [9.17, 15) is 4.79 Å². The molecule has 3 rings (SSSR count). The number of amides is 1. The highest BCUT2D eigenvalue weighted by molar-refractivity contribution is 8.00. The molecule has 0 saturated heterocycles. The van der Waals surface area contributed by atoms with Crippen molar-refractivity contribution in [3.63, 3.8) is 0 Å². The molecule has 0 aliphatic carbocycles. The summed E-state index contributed by atoms with van der Waals surface area (Å²) in [5, 5.41) is 3.24. The smallest absolute Gasteiger partial charge is 0.230 e. The summed E-state index contributed by atoms with van der Waals surface area (Å²) in [4.78, 5) is 20.2. The number of para-hydroxylation sites is 2. The minimum atomic E-state index is 0.0820. The molecule has 0 aliphatic rings. The summed E-state index contributed by atoms with van der Waals surface area (Å²) in [6.45, 7) is 4.14. The van der Waals surface area contributed by atoms with E-state index in [2.05, 4.69) is 53.4 Å². The van der Waals surface area contributed by atoms with Crippen LogP contribution in [0.4, 0.5) is 0 Å². The quantitative estimate of drug-likeness (QED) is 0.616. The van der Waals surface area contributed by atoms with Gasteiger partial charge in [-0.05, 0) is 44.4 Å². The zero-order valence-corrected chi connectivity index (χ0v) is 16.1. The number of rotatable bonds is 8. The summed E-state index contributed by atoms with van der Waals surface area (Å²) in [5.74, 6) is 1.44. The van der Waals surface area contributed by atoms with Crippen molar-refractivity contribution in [3.05, 3.63) is 66.0 Å². The van der Waals surface area contributed by atoms with Crippen molar-refractivity contribution in [2.24, 2.45) is 0 Å². The van der Waals surface area contributed by atoms with Gasteiger partial charge in [0.15, 0.2) is 0 Å². The molecular weight excluding hydrogens is 342 g/mol. The highest BCUT2D eigenvalue weighted by Gasteiger charge is 2.14. The van der Waals surface area contributed by atoms with Gasteiger partial charge in [-0.3, -0.25) is 4.79 Å². The van der Waals surface area contributed by atoms with Crippen LogP contribution < -0.4 is 5.32 Å². The molecule has 0 fully saturated rings. The van der Waals surface area contributed by atoms with E-state index in [0.717, 1.165) is 29.7 Å². The lowest BCUT2D eigenvalue weighted by Crippen LogP contribution is -2.34. The molecule has 0 aliphatic heterocycles. The number of thioether (sulfide) groups is 1. The summed E-state index contributed by atoms with van der Waals surface area (Å²) < 4.78 is 0. The van der Waals surface area contributed by atoms with Crippen molar-refractivity contribution < 1.29 is 4.79 Å². The van der Waals surface area contributed by atoms with Crippen molar-refractivity contribution >= 4 is 28.7 Å². The zero-order chi connectivity index (χ0) is 18.4. The lowest BCUT2D eigenvalue weighted by molar-refractivity contribution is -0.119. The second kappa shape index (κ2) is 8.90. The number of hydrogen-bond donors (Lipinski definition) is 2.